The van der Waals surface area contributed by atoms with Gasteiger partial charge in [0.2, 0.25) is 0 Å². The minimum absolute atomic E-state index is 0.720. The summed E-state index contributed by atoms with van der Waals surface area (Å²) in [5.41, 5.74) is 0. The first-order valence-corrected chi connectivity index (χ1v) is 1.77. The van der Waals surface area contributed by atoms with Crippen molar-refractivity contribution in [3.8, 4) is 0 Å². The van der Waals surface area contributed by atoms with Crippen LogP contribution in [-0.4, -0.2) is 18.6 Å². The van der Waals surface area contributed by atoms with E-state index in [4.69, 9.17) is 0 Å². The van der Waals surface area contributed by atoms with Crippen molar-refractivity contribution in [2.75, 3.05) is 6.54 Å². The summed E-state index contributed by atoms with van der Waals surface area (Å²) in [6, 6.07) is 0. The number of hydrogen-bond acceptors (Lipinski definition) is 4. The smallest absolute Gasteiger partial charge is 0.134 e. The summed E-state index contributed by atoms with van der Waals surface area (Å²) >= 11 is 0. The maximum atomic E-state index is 9.44. The fourth-order valence-electron chi connectivity index (χ4n) is 0.144. The highest BCUT2D eigenvalue weighted by molar-refractivity contribution is 5.72. The third-order valence-electron chi connectivity index (χ3n) is 0.377. The van der Waals surface area contributed by atoms with Gasteiger partial charge in [-0.3, -0.25) is 0 Å². The topological polar surface area (TPSA) is 92.3 Å². The van der Waals surface area contributed by atoms with Crippen molar-refractivity contribution in [2.45, 2.75) is 0 Å². The lowest BCUT2D eigenvalue weighted by Gasteiger charge is -2.04. The SMILES string of the molecule is O=C([O-])CNC(=O)[O-]. The Morgan fingerprint density at radius 3 is 2.00 bits per heavy atom. The molecule has 0 fully saturated rings. The summed E-state index contributed by atoms with van der Waals surface area (Å²) in [5.74, 6) is -1.48. The molecule has 0 saturated carbocycles. The lowest BCUT2D eigenvalue weighted by Crippen LogP contribution is -2.43. The minimum Gasteiger partial charge on any atom is -0.548 e. The van der Waals surface area contributed by atoms with E-state index in [0.717, 1.165) is 0 Å². The Labute approximate surface area is 44.9 Å². The standard InChI is InChI=1S/C3H5NO4/c5-2(6)1-4-3(7)8/h4H,1H2,(H,5,6)(H,7,8)/p-2. The molecule has 0 radical (unpaired) electrons. The summed E-state index contributed by atoms with van der Waals surface area (Å²) in [5, 5.41) is 20.3. The van der Waals surface area contributed by atoms with E-state index in [-0.39, 0.29) is 0 Å². The quantitative estimate of drug-likeness (QED) is 0.409. The molecule has 0 aliphatic carbocycles. The maximum Gasteiger partial charge on any atom is 0.134 e. The highest BCUT2D eigenvalue weighted by Gasteiger charge is 1.81. The first-order chi connectivity index (χ1) is 3.63. The zero-order valence-electron chi connectivity index (χ0n) is 3.84. The van der Waals surface area contributed by atoms with Gasteiger partial charge in [-0.15, -0.1) is 0 Å². The van der Waals surface area contributed by atoms with E-state index in [1.54, 1.807) is 0 Å². The molecule has 5 nitrogen and oxygen atoms in total. The van der Waals surface area contributed by atoms with Gasteiger partial charge in [0.1, 0.15) is 6.09 Å². The maximum absolute atomic E-state index is 9.44. The number of hydrogen-bond donors (Lipinski definition) is 1. The normalized spacial score (nSPS) is 8.00. The average Bonchev–Trinajstić information content (AvgIpc) is 1.61. The first-order valence-electron chi connectivity index (χ1n) is 1.77. The van der Waals surface area contributed by atoms with Crippen molar-refractivity contribution in [1.82, 2.24) is 5.32 Å². The van der Waals surface area contributed by atoms with Crippen molar-refractivity contribution in [2.24, 2.45) is 0 Å². The molecule has 5 heteroatoms. The Balaban J connectivity index is 3.18. The second-order valence-corrected chi connectivity index (χ2v) is 1.01. The van der Waals surface area contributed by atoms with Gasteiger partial charge >= 0.3 is 0 Å². The van der Waals surface area contributed by atoms with Gasteiger partial charge in [0.05, 0.1) is 12.5 Å². The molecule has 0 rings (SSSR count). The van der Waals surface area contributed by atoms with Crippen LogP contribution in [0.1, 0.15) is 0 Å². The van der Waals surface area contributed by atoms with Gasteiger partial charge in [-0.25, -0.2) is 0 Å². The van der Waals surface area contributed by atoms with Crippen molar-refractivity contribution in [3.63, 3.8) is 0 Å². The number of carbonyl (C=O) groups excluding carboxylic acids is 2. The van der Waals surface area contributed by atoms with Crippen LogP contribution in [0.25, 0.3) is 0 Å². The van der Waals surface area contributed by atoms with Crippen LogP contribution in [0.4, 0.5) is 4.79 Å². The number of rotatable bonds is 2. The molecule has 0 spiro atoms. The van der Waals surface area contributed by atoms with Crippen molar-refractivity contribution in [3.05, 3.63) is 0 Å². The molecule has 0 aliphatic rings. The molecule has 0 aliphatic heterocycles. The van der Waals surface area contributed by atoms with Gasteiger partial charge in [-0.05, 0) is 0 Å². The minimum atomic E-state index is -1.62. The number of amides is 1. The van der Waals surface area contributed by atoms with Crippen LogP contribution >= 0.6 is 0 Å². The Bertz CT molecular complexity index is 95.9. The van der Waals surface area contributed by atoms with Crippen LogP contribution < -0.4 is 15.5 Å². The van der Waals surface area contributed by atoms with E-state index >= 15 is 0 Å². The monoisotopic (exact) mass is 117 g/mol. The Morgan fingerprint density at radius 2 is 1.88 bits per heavy atom. The van der Waals surface area contributed by atoms with Gasteiger partial charge in [0, 0.05) is 0 Å². The van der Waals surface area contributed by atoms with Gasteiger partial charge in [0.15, 0.2) is 0 Å². The number of carboxylic acids is 1. The molecule has 0 bridgehead atoms. The van der Waals surface area contributed by atoms with E-state index in [0.29, 0.717) is 0 Å². The number of aliphatic carboxylic acids is 1. The van der Waals surface area contributed by atoms with Gasteiger partial charge < -0.3 is 25.1 Å². The van der Waals surface area contributed by atoms with E-state index in [1.165, 1.54) is 5.32 Å². The molecule has 0 aromatic carbocycles. The Hall–Kier alpha value is -1.26. The number of nitrogens with one attached hydrogen (secondary N) is 1. The zero-order valence-corrected chi connectivity index (χ0v) is 3.84. The highest BCUT2D eigenvalue weighted by atomic mass is 16.4. The second-order valence-electron chi connectivity index (χ2n) is 1.01. The number of carbonyl (C=O) groups is 2. The van der Waals surface area contributed by atoms with Crippen molar-refractivity contribution < 1.29 is 19.8 Å². The summed E-state index contributed by atoms with van der Waals surface area (Å²) in [6.07, 6.45) is -1.62. The molecule has 0 aromatic heterocycles. The summed E-state index contributed by atoms with van der Waals surface area (Å²) in [6.45, 7) is -0.720. The Kier molecular flexibility index (Phi) is 2.39. The molecule has 0 heterocycles. The predicted molar refractivity (Wildman–Crippen MR) is 18.4 cm³/mol. The van der Waals surface area contributed by atoms with Crippen LogP contribution in [-0.2, 0) is 4.79 Å². The van der Waals surface area contributed by atoms with E-state index < -0.39 is 18.6 Å². The number of carboxylic acid groups (broad SMARTS) is 2. The molecule has 0 aromatic rings. The van der Waals surface area contributed by atoms with E-state index in [9.17, 15) is 19.8 Å². The molecule has 0 atom stereocenters. The van der Waals surface area contributed by atoms with E-state index in [1.807, 2.05) is 0 Å². The average molecular weight is 117 g/mol. The van der Waals surface area contributed by atoms with Gasteiger partial charge in [0.25, 0.3) is 0 Å². The molecular weight excluding hydrogens is 114 g/mol. The molecule has 1 amide bonds. The second kappa shape index (κ2) is 2.84. The van der Waals surface area contributed by atoms with Gasteiger partial charge in [-0.1, -0.05) is 0 Å². The first kappa shape index (κ1) is 6.74. The third kappa shape index (κ3) is 4.74. The van der Waals surface area contributed by atoms with E-state index in [2.05, 4.69) is 0 Å². The molecule has 46 valence electrons. The zero-order chi connectivity index (χ0) is 6.57. The molecule has 0 saturated heterocycles. The summed E-state index contributed by atoms with van der Waals surface area (Å²) in [4.78, 5) is 18.8. The molecular formula is C3H3NO4-2. The molecule has 1 N–H and O–H groups in total. The van der Waals surface area contributed by atoms with Crippen LogP contribution in [0.2, 0.25) is 0 Å². The highest BCUT2D eigenvalue weighted by Crippen LogP contribution is 1.52. The predicted octanol–water partition coefficient (Wildman–Crippen LogP) is -3.33. The molecule has 8 heavy (non-hydrogen) atoms. The summed E-state index contributed by atoms with van der Waals surface area (Å²) in [7, 11) is 0. The largest absolute Gasteiger partial charge is 0.548 e. The lowest BCUT2D eigenvalue weighted by molar-refractivity contribution is -0.305. The van der Waals surface area contributed by atoms with Crippen LogP contribution in [0, 0.1) is 0 Å². The fraction of sp³-hybridized carbons (Fsp3) is 0.333. The van der Waals surface area contributed by atoms with Crippen LogP contribution in [0.15, 0.2) is 0 Å². The van der Waals surface area contributed by atoms with Crippen LogP contribution in [0.3, 0.4) is 0 Å². The Morgan fingerprint density at radius 1 is 1.38 bits per heavy atom. The van der Waals surface area contributed by atoms with Crippen molar-refractivity contribution >= 4 is 12.1 Å². The fourth-order valence-corrected chi connectivity index (χ4v) is 0.144. The van der Waals surface area contributed by atoms with Crippen LogP contribution in [0.5, 0.6) is 0 Å². The van der Waals surface area contributed by atoms with Gasteiger partial charge in [-0.2, -0.15) is 0 Å². The molecule has 0 unspecified atom stereocenters. The summed E-state index contributed by atoms with van der Waals surface area (Å²) < 4.78 is 0. The lowest BCUT2D eigenvalue weighted by atomic mass is 10.7. The van der Waals surface area contributed by atoms with Crippen molar-refractivity contribution in [1.29, 1.82) is 0 Å². The third-order valence-corrected chi connectivity index (χ3v) is 0.377.